The van der Waals surface area contributed by atoms with Gasteiger partial charge in [0.2, 0.25) is 0 Å². The average molecular weight is 309 g/mol. The minimum atomic E-state index is -3.65. The molecule has 0 aliphatic carbocycles. The third-order valence-corrected chi connectivity index (χ3v) is 3.36. The first-order valence-electron chi connectivity index (χ1n) is 4.59. The van der Waals surface area contributed by atoms with Crippen molar-refractivity contribution in [1.29, 1.82) is 0 Å². The summed E-state index contributed by atoms with van der Waals surface area (Å²) in [6.07, 6.45) is 0. The summed E-state index contributed by atoms with van der Waals surface area (Å²) in [5.74, 6) is -0.127. The number of hydrogen-bond acceptors (Lipinski definition) is 3. The topological polar surface area (TPSA) is 78.4 Å². The van der Waals surface area contributed by atoms with Crippen LogP contribution in [0.1, 0.15) is 13.8 Å². The first kappa shape index (κ1) is 13.3. The molecule has 0 fully saturated rings. The molecule has 7 heteroatoms. The Balaban J connectivity index is 2.92. The fourth-order valence-electron chi connectivity index (χ4n) is 1.07. The maximum Gasteiger partial charge on any atom is 0.299 e. The van der Waals surface area contributed by atoms with Gasteiger partial charge in [-0.1, -0.05) is 15.9 Å². The molecule has 0 spiro atoms. The maximum atomic E-state index is 11.5. The molecular weight excluding hydrogens is 296 g/mol. The molecule has 0 saturated carbocycles. The highest BCUT2D eigenvalue weighted by atomic mass is 79.9. The second-order valence-corrected chi connectivity index (χ2v) is 5.90. The largest absolute Gasteiger partial charge is 0.506 e. The molecule has 1 aromatic carbocycles. The van der Waals surface area contributed by atoms with Crippen LogP contribution in [0.25, 0.3) is 0 Å². The van der Waals surface area contributed by atoms with Crippen LogP contribution in [-0.4, -0.2) is 19.6 Å². The van der Waals surface area contributed by atoms with E-state index in [9.17, 15) is 13.5 Å². The zero-order valence-electron chi connectivity index (χ0n) is 8.86. The molecule has 3 N–H and O–H groups in total. The van der Waals surface area contributed by atoms with Crippen molar-refractivity contribution < 1.29 is 13.5 Å². The third-order valence-electron chi connectivity index (χ3n) is 1.59. The van der Waals surface area contributed by atoms with Gasteiger partial charge in [-0.15, -0.1) is 0 Å². The van der Waals surface area contributed by atoms with Crippen molar-refractivity contribution in [1.82, 2.24) is 4.72 Å². The van der Waals surface area contributed by atoms with E-state index < -0.39 is 10.2 Å². The molecular formula is C9H13BrN2O3S. The number of hydrogen-bond donors (Lipinski definition) is 3. The van der Waals surface area contributed by atoms with Gasteiger partial charge in [-0.05, 0) is 32.0 Å². The first-order chi connectivity index (χ1) is 7.30. The Morgan fingerprint density at radius 1 is 1.38 bits per heavy atom. The van der Waals surface area contributed by atoms with E-state index >= 15 is 0 Å². The highest BCUT2D eigenvalue weighted by Crippen LogP contribution is 2.27. The second kappa shape index (κ2) is 5.03. The predicted octanol–water partition coefficient (Wildman–Crippen LogP) is 1.81. The van der Waals surface area contributed by atoms with E-state index in [1.54, 1.807) is 19.9 Å². The molecule has 0 heterocycles. The maximum absolute atomic E-state index is 11.5. The molecule has 5 nitrogen and oxygen atoms in total. The van der Waals surface area contributed by atoms with Crippen LogP contribution in [0.4, 0.5) is 5.69 Å². The van der Waals surface area contributed by atoms with Crippen molar-refractivity contribution in [2.45, 2.75) is 19.9 Å². The highest BCUT2D eigenvalue weighted by molar-refractivity contribution is 9.10. The van der Waals surface area contributed by atoms with Crippen molar-refractivity contribution in [3.05, 3.63) is 22.7 Å². The number of nitrogens with one attached hydrogen (secondary N) is 2. The summed E-state index contributed by atoms with van der Waals surface area (Å²) >= 11 is 3.19. The molecule has 90 valence electrons. The van der Waals surface area contributed by atoms with Crippen LogP contribution in [0, 0.1) is 0 Å². The van der Waals surface area contributed by atoms with E-state index in [-0.39, 0.29) is 17.5 Å². The van der Waals surface area contributed by atoms with Crippen molar-refractivity contribution in [3.63, 3.8) is 0 Å². The lowest BCUT2D eigenvalue weighted by molar-refractivity contribution is 0.477. The minimum absolute atomic E-state index is 0.127. The molecule has 0 unspecified atom stereocenters. The van der Waals surface area contributed by atoms with Gasteiger partial charge >= 0.3 is 0 Å². The van der Waals surface area contributed by atoms with Gasteiger partial charge in [-0.3, -0.25) is 4.72 Å². The Bertz CT molecular complexity index is 474. The summed E-state index contributed by atoms with van der Waals surface area (Å²) in [6.45, 7) is 3.42. The number of phenols is 1. The number of rotatable bonds is 4. The predicted molar refractivity (Wildman–Crippen MR) is 66.6 cm³/mol. The minimum Gasteiger partial charge on any atom is -0.506 e. The number of benzene rings is 1. The van der Waals surface area contributed by atoms with E-state index in [0.717, 1.165) is 0 Å². The van der Waals surface area contributed by atoms with Crippen molar-refractivity contribution in [3.8, 4) is 5.75 Å². The number of phenolic OH excluding ortho intramolecular Hbond substituents is 1. The van der Waals surface area contributed by atoms with E-state index in [1.165, 1.54) is 12.1 Å². The molecule has 0 amide bonds. The average Bonchev–Trinajstić information content (AvgIpc) is 2.08. The lowest BCUT2D eigenvalue weighted by Crippen LogP contribution is -2.35. The van der Waals surface area contributed by atoms with Gasteiger partial charge in [0.05, 0.1) is 5.69 Å². The smallest absolute Gasteiger partial charge is 0.299 e. The van der Waals surface area contributed by atoms with Crippen LogP contribution in [0.3, 0.4) is 0 Å². The van der Waals surface area contributed by atoms with Gasteiger partial charge in [0.25, 0.3) is 10.2 Å². The summed E-state index contributed by atoms with van der Waals surface area (Å²) in [5, 5.41) is 9.46. The molecule has 0 radical (unpaired) electrons. The van der Waals surface area contributed by atoms with Gasteiger partial charge < -0.3 is 5.11 Å². The monoisotopic (exact) mass is 308 g/mol. The van der Waals surface area contributed by atoms with Gasteiger partial charge in [0.1, 0.15) is 5.75 Å². The van der Waals surface area contributed by atoms with E-state index in [1.807, 2.05) is 0 Å². The molecule has 0 aromatic heterocycles. The van der Waals surface area contributed by atoms with E-state index in [4.69, 9.17) is 0 Å². The van der Waals surface area contributed by atoms with Gasteiger partial charge in [0, 0.05) is 10.5 Å². The fraction of sp³-hybridized carbons (Fsp3) is 0.333. The van der Waals surface area contributed by atoms with Crippen LogP contribution < -0.4 is 9.44 Å². The van der Waals surface area contributed by atoms with Crippen LogP contribution in [-0.2, 0) is 10.2 Å². The molecule has 0 saturated heterocycles. The van der Waals surface area contributed by atoms with E-state index in [0.29, 0.717) is 4.47 Å². The van der Waals surface area contributed by atoms with Crippen molar-refractivity contribution >= 4 is 31.8 Å². The Hall–Kier alpha value is -0.790. The molecule has 0 atom stereocenters. The number of aromatic hydroxyl groups is 1. The summed E-state index contributed by atoms with van der Waals surface area (Å²) in [7, 11) is -3.65. The fourth-order valence-corrected chi connectivity index (χ4v) is 2.57. The molecule has 1 rings (SSSR count). The summed E-state index contributed by atoms with van der Waals surface area (Å²) in [4.78, 5) is 0. The van der Waals surface area contributed by atoms with Crippen molar-refractivity contribution in [2.75, 3.05) is 4.72 Å². The van der Waals surface area contributed by atoms with E-state index in [2.05, 4.69) is 25.4 Å². The van der Waals surface area contributed by atoms with Gasteiger partial charge in [-0.25, -0.2) is 0 Å². The zero-order valence-corrected chi connectivity index (χ0v) is 11.3. The van der Waals surface area contributed by atoms with Crippen LogP contribution in [0.15, 0.2) is 22.7 Å². The Kier molecular flexibility index (Phi) is 4.17. The highest BCUT2D eigenvalue weighted by Gasteiger charge is 2.13. The standard InChI is InChI=1S/C9H13BrN2O3S/c1-6(2)11-16(14,15)12-8-5-7(10)3-4-9(8)13/h3-6,11-13H,1-2H3. The molecule has 1 aromatic rings. The quantitative estimate of drug-likeness (QED) is 0.742. The van der Waals surface area contributed by atoms with Crippen LogP contribution in [0.5, 0.6) is 5.75 Å². The Labute approximate surface area is 103 Å². The lowest BCUT2D eigenvalue weighted by atomic mass is 10.3. The molecule has 0 aliphatic rings. The zero-order chi connectivity index (χ0) is 12.3. The molecule has 0 aliphatic heterocycles. The molecule has 0 bridgehead atoms. The van der Waals surface area contributed by atoms with Crippen molar-refractivity contribution in [2.24, 2.45) is 0 Å². The summed E-state index contributed by atoms with van der Waals surface area (Å²) in [5.41, 5.74) is 0.127. The van der Waals surface area contributed by atoms with Crippen LogP contribution in [0.2, 0.25) is 0 Å². The lowest BCUT2D eigenvalue weighted by Gasteiger charge is -2.12. The third kappa shape index (κ3) is 3.99. The summed E-state index contributed by atoms with van der Waals surface area (Å²) < 4.78 is 28.3. The van der Waals surface area contributed by atoms with Crippen LogP contribution >= 0.6 is 15.9 Å². The van der Waals surface area contributed by atoms with Gasteiger partial charge in [0.15, 0.2) is 0 Å². The normalized spacial score (nSPS) is 11.8. The number of halogens is 1. The summed E-state index contributed by atoms with van der Waals surface area (Å²) in [6, 6.07) is 4.28. The second-order valence-electron chi connectivity index (χ2n) is 3.54. The first-order valence-corrected chi connectivity index (χ1v) is 6.86. The Morgan fingerprint density at radius 2 is 2.00 bits per heavy atom. The Morgan fingerprint density at radius 3 is 2.56 bits per heavy atom. The number of anilines is 1. The molecule has 16 heavy (non-hydrogen) atoms. The SMILES string of the molecule is CC(C)NS(=O)(=O)Nc1cc(Br)ccc1O. The van der Waals surface area contributed by atoms with Gasteiger partial charge in [-0.2, -0.15) is 13.1 Å².